The van der Waals surface area contributed by atoms with E-state index in [9.17, 15) is 14.4 Å². The van der Waals surface area contributed by atoms with Crippen LogP contribution in [0, 0.1) is 0 Å². The van der Waals surface area contributed by atoms with Crippen molar-refractivity contribution in [3.8, 4) is 0 Å². The second-order valence-electron chi connectivity index (χ2n) is 16.7. The Morgan fingerprint density at radius 3 is 1.08 bits per heavy atom. The van der Waals surface area contributed by atoms with Crippen molar-refractivity contribution < 1.29 is 28.6 Å². The first-order chi connectivity index (χ1) is 31.0. The van der Waals surface area contributed by atoms with Crippen LogP contribution in [-0.2, 0) is 28.6 Å². The Hall–Kier alpha value is -3.67. The van der Waals surface area contributed by atoms with Gasteiger partial charge in [-0.15, -0.1) is 0 Å². The van der Waals surface area contributed by atoms with E-state index in [2.05, 4.69) is 118 Å². The zero-order valence-corrected chi connectivity index (χ0v) is 40.8. The van der Waals surface area contributed by atoms with Crippen LogP contribution in [0.3, 0.4) is 0 Å². The van der Waals surface area contributed by atoms with E-state index in [4.69, 9.17) is 14.2 Å². The molecule has 0 rings (SSSR count). The smallest absolute Gasteiger partial charge is 0.306 e. The molecular formula is C57H94O6. The molecule has 0 aromatic rings. The van der Waals surface area contributed by atoms with E-state index in [-0.39, 0.29) is 37.5 Å². The third kappa shape index (κ3) is 49.2. The number of esters is 3. The quantitative estimate of drug-likeness (QED) is 0.0262. The highest BCUT2D eigenvalue weighted by atomic mass is 16.6. The molecule has 0 unspecified atom stereocenters. The van der Waals surface area contributed by atoms with Crippen LogP contribution in [0.25, 0.3) is 0 Å². The summed E-state index contributed by atoms with van der Waals surface area (Å²) in [5, 5.41) is 0. The maximum Gasteiger partial charge on any atom is 0.306 e. The third-order valence-electron chi connectivity index (χ3n) is 10.5. The monoisotopic (exact) mass is 875 g/mol. The molecule has 63 heavy (non-hydrogen) atoms. The molecule has 0 amide bonds. The van der Waals surface area contributed by atoms with E-state index in [0.717, 1.165) is 116 Å². The first kappa shape index (κ1) is 59.3. The zero-order valence-electron chi connectivity index (χ0n) is 40.8. The largest absolute Gasteiger partial charge is 0.462 e. The molecule has 0 aliphatic rings. The molecule has 0 bridgehead atoms. The van der Waals surface area contributed by atoms with E-state index >= 15 is 0 Å². The van der Waals surface area contributed by atoms with Crippen LogP contribution in [0.5, 0.6) is 0 Å². The van der Waals surface area contributed by atoms with Gasteiger partial charge in [0.1, 0.15) is 13.2 Å². The van der Waals surface area contributed by atoms with Crippen molar-refractivity contribution in [2.75, 3.05) is 13.2 Å². The molecule has 6 heteroatoms. The van der Waals surface area contributed by atoms with E-state index in [1.807, 2.05) is 0 Å². The zero-order chi connectivity index (χ0) is 45.8. The minimum atomic E-state index is -0.811. The molecule has 0 saturated heterocycles. The molecule has 0 spiro atoms. The van der Waals surface area contributed by atoms with Gasteiger partial charge in [-0.1, -0.05) is 189 Å². The fraction of sp³-hybridized carbons (Fsp3) is 0.667. The summed E-state index contributed by atoms with van der Waals surface area (Å²) in [4.78, 5) is 37.9. The summed E-state index contributed by atoms with van der Waals surface area (Å²) in [6, 6.07) is 0. The lowest BCUT2D eigenvalue weighted by atomic mass is 10.1. The number of hydrogen-bond donors (Lipinski definition) is 0. The van der Waals surface area contributed by atoms with Gasteiger partial charge in [-0.05, 0) is 116 Å². The van der Waals surface area contributed by atoms with Crippen molar-refractivity contribution in [1.29, 1.82) is 0 Å². The van der Waals surface area contributed by atoms with E-state index < -0.39 is 6.10 Å². The van der Waals surface area contributed by atoms with Crippen LogP contribution >= 0.6 is 0 Å². The fourth-order valence-electron chi connectivity index (χ4n) is 6.68. The molecule has 0 fully saturated rings. The summed E-state index contributed by atoms with van der Waals surface area (Å²) in [5.41, 5.74) is 0. The van der Waals surface area contributed by atoms with Gasteiger partial charge in [-0.2, -0.15) is 0 Å². The number of unbranched alkanes of at least 4 members (excludes halogenated alkanes) is 18. The number of allylic oxidation sites excluding steroid dienone is 16. The molecule has 0 aliphatic heterocycles. The van der Waals surface area contributed by atoms with Gasteiger partial charge in [0.05, 0.1) is 0 Å². The maximum absolute atomic E-state index is 12.8. The van der Waals surface area contributed by atoms with Crippen molar-refractivity contribution in [2.45, 2.75) is 232 Å². The highest BCUT2D eigenvalue weighted by Crippen LogP contribution is 2.13. The van der Waals surface area contributed by atoms with Crippen LogP contribution in [0.2, 0.25) is 0 Å². The maximum atomic E-state index is 12.8. The predicted molar refractivity (Wildman–Crippen MR) is 270 cm³/mol. The molecule has 358 valence electrons. The molecule has 0 radical (unpaired) electrons. The Bertz CT molecular complexity index is 1280. The molecular weight excluding hydrogens is 781 g/mol. The van der Waals surface area contributed by atoms with Gasteiger partial charge in [-0.25, -0.2) is 0 Å². The summed E-state index contributed by atoms with van der Waals surface area (Å²) in [6.45, 7) is 6.40. The van der Waals surface area contributed by atoms with Crippen molar-refractivity contribution in [1.82, 2.24) is 0 Å². The van der Waals surface area contributed by atoms with E-state index in [1.54, 1.807) is 0 Å². The molecule has 1 atom stereocenters. The second kappa shape index (κ2) is 51.0. The van der Waals surface area contributed by atoms with Gasteiger partial charge in [-0.3, -0.25) is 14.4 Å². The second-order valence-corrected chi connectivity index (χ2v) is 16.7. The Morgan fingerprint density at radius 1 is 0.333 bits per heavy atom. The van der Waals surface area contributed by atoms with Crippen molar-refractivity contribution in [3.05, 3.63) is 97.2 Å². The summed E-state index contributed by atoms with van der Waals surface area (Å²) >= 11 is 0. The first-order valence-electron chi connectivity index (χ1n) is 25.7. The number of carbonyl (C=O) groups excluding carboxylic acids is 3. The number of carbonyl (C=O) groups is 3. The molecule has 0 aromatic heterocycles. The van der Waals surface area contributed by atoms with Crippen LogP contribution in [-0.4, -0.2) is 37.2 Å². The molecule has 0 aromatic carbocycles. The fourth-order valence-corrected chi connectivity index (χ4v) is 6.68. The topological polar surface area (TPSA) is 78.9 Å². The summed E-state index contributed by atoms with van der Waals surface area (Å²) in [5.74, 6) is -0.994. The van der Waals surface area contributed by atoms with Gasteiger partial charge in [0, 0.05) is 19.3 Å². The molecule has 0 heterocycles. The van der Waals surface area contributed by atoms with Crippen molar-refractivity contribution in [2.24, 2.45) is 0 Å². The number of hydrogen-bond acceptors (Lipinski definition) is 6. The van der Waals surface area contributed by atoms with Gasteiger partial charge >= 0.3 is 17.9 Å². The SMILES string of the molecule is CC/C=C\C/C=C\C/C=C\CCCCCCCC(=O)OC[C@H](COC(=O)CCC/C=C\C/C=C\C/C=C\C/C=C\CCCCC)OC(=O)CCCCCCC/C=C\CCCCCC. The summed E-state index contributed by atoms with van der Waals surface area (Å²) in [6.07, 6.45) is 66.8. The van der Waals surface area contributed by atoms with E-state index in [1.165, 1.54) is 64.2 Å². The third-order valence-corrected chi connectivity index (χ3v) is 10.5. The minimum Gasteiger partial charge on any atom is -0.462 e. The van der Waals surface area contributed by atoms with Crippen LogP contribution in [0.4, 0.5) is 0 Å². The highest BCUT2D eigenvalue weighted by Gasteiger charge is 2.19. The normalized spacial score (nSPS) is 12.9. The predicted octanol–water partition coefficient (Wildman–Crippen LogP) is 17.0. The Labute approximate surface area is 387 Å². The average molecular weight is 875 g/mol. The molecule has 6 nitrogen and oxygen atoms in total. The van der Waals surface area contributed by atoms with Gasteiger partial charge < -0.3 is 14.2 Å². The summed E-state index contributed by atoms with van der Waals surface area (Å²) in [7, 11) is 0. The average Bonchev–Trinajstić information content (AvgIpc) is 3.28. The lowest BCUT2D eigenvalue weighted by Crippen LogP contribution is -2.30. The van der Waals surface area contributed by atoms with Crippen molar-refractivity contribution in [3.63, 3.8) is 0 Å². The highest BCUT2D eigenvalue weighted by molar-refractivity contribution is 5.71. The van der Waals surface area contributed by atoms with Crippen LogP contribution < -0.4 is 0 Å². The van der Waals surface area contributed by atoms with Gasteiger partial charge in [0.15, 0.2) is 6.10 Å². The molecule has 0 saturated carbocycles. The van der Waals surface area contributed by atoms with Gasteiger partial charge in [0.25, 0.3) is 0 Å². The van der Waals surface area contributed by atoms with Crippen LogP contribution in [0.1, 0.15) is 226 Å². The Morgan fingerprint density at radius 2 is 0.635 bits per heavy atom. The van der Waals surface area contributed by atoms with Crippen LogP contribution in [0.15, 0.2) is 97.2 Å². The lowest BCUT2D eigenvalue weighted by molar-refractivity contribution is -0.167. The number of rotatable bonds is 45. The lowest BCUT2D eigenvalue weighted by Gasteiger charge is -2.18. The Kier molecular flexibility index (Phi) is 48.0. The summed E-state index contributed by atoms with van der Waals surface area (Å²) < 4.78 is 16.7. The first-order valence-corrected chi connectivity index (χ1v) is 25.7. The van der Waals surface area contributed by atoms with Crippen molar-refractivity contribution >= 4 is 17.9 Å². The standard InChI is InChI=1S/C57H94O6/c1-4-7-10-13-16-19-22-25-27-28-30-33-35-38-41-44-47-50-56(59)62-53-54(63-57(60)51-48-45-42-39-36-31-24-21-18-15-12-9-6-3)52-61-55(58)49-46-43-40-37-34-32-29-26-23-20-17-14-11-8-5-2/h8,11,16-17,19-21,24-27,29-30,33,38,41,54H,4-7,9-10,12-15,18,22-23,28,31-32,34-37,39-40,42-53H2,1-3H3/b11-8-,19-16-,20-17-,24-21-,27-25-,29-26-,33-30-,41-38-/t54-/m1/s1. The van der Waals surface area contributed by atoms with Gasteiger partial charge in [0.2, 0.25) is 0 Å². The van der Waals surface area contributed by atoms with E-state index in [0.29, 0.717) is 19.3 Å². The number of ether oxygens (including phenoxy) is 3. The minimum absolute atomic E-state index is 0.108. The molecule has 0 aliphatic carbocycles. The molecule has 0 N–H and O–H groups in total. The Balaban J connectivity index is 4.52.